The second-order valence-electron chi connectivity index (χ2n) is 6.17. The van der Waals surface area contributed by atoms with Crippen molar-refractivity contribution in [1.82, 2.24) is 0 Å². The lowest BCUT2D eigenvalue weighted by Crippen LogP contribution is -2.27. The highest BCUT2D eigenvalue weighted by atomic mass is 35.5. The van der Waals surface area contributed by atoms with Gasteiger partial charge in [-0.15, -0.1) is 0 Å². The first kappa shape index (κ1) is 22.0. The summed E-state index contributed by atoms with van der Waals surface area (Å²) in [5, 5.41) is 2.32. The van der Waals surface area contributed by atoms with Crippen LogP contribution in [0.2, 0.25) is 10.0 Å². The van der Waals surface area contributed by atoms with E-state index >= 15 is 0 Å². The zero-order chi connectivity index (χ0) is 22.1. The van der Waals surface area contributed by atoms with Crippen LogP contribution in [0, 0.1) is 11.6 Å². The maximum atomic E-state index is 13.3. The number of amides is 1. The van der Waals surface area contributed by atoms with E-state index in [-0.39, 0.29) is 31.9 Å². The number of sulfonamides is 1. The van der Waals surface area contributed by atoms with Crippen molar-refractivity contribution in [3.05, 3.63) is 87.9 Å². The van der Waals surface area contributed by atoms with Crippen molar-refractivity contribution in [3.8, 4) is 0 Å². The minimum absolute atomic E-state index is 0.0177. The fourth-order valence-electron chi connectivity index (χ4n) is 2.56. The summed E-state index contributed by atoms with van der Waals surface area (Å²) in [5.41, 5.74) is 0.336. The van der Waals surface area contributed by atoms with Gasteiger partial charge in [0.25, 0.3) is 15.9 Å². The molecule has 0 unspecified atom stereocenters. The number of carbonyl (C=O) groups excluding carboxylic acids is 1. The number of rotatable bonds is 5. The lowest BCUT2D eigenvalue weighted by atomic mass is 10.2. The number of anilines is 2. The van der Waals surface area contributed by atoms with Crippen LogP contribution in [0.25, 0.3) is 0 Å². The molecule has 0 aliphatic carbocycles. The largest absolute Gasteiger partial charge is 0.322 e. The van der Waals surface area contributed by atoms with E-state index in [1.165, 1.54) is 43.4 Å². The highest BCUT2D eigenvalue weighted by Gasteiger charge is 2.24. The number of nitrogens with one attached hydrogen (secondary N) is 1. The second kappa shape index (κ2) is 8.59. The molecule has 0 aliphatic heterocycles. The van der Waals surface area contributed by atoms with E-state index in [0.717, 1.165) is 28.6 Å². The monoisotopic (exact) mass is 470 g/mol. The van der Waals surface area contributed by atoms with E-state index in [4.69, 9.17) is 23.2 Å². The zero-order valence-corrected chi connectivity index (χ0v) is 17.7. The molecular weight excluding hydrogens is 457 g/mol. The van der Waals surface area contributed by atoms with E-state index in [0.29, 0.717) is 0 Å². The summed E-state index contributed by atoms with van der Waals surface area (Å²) in [6.45, 7) is 0. The summed E-state index contributed by atoms with van der Waals surface area (Å²) in [6.07, 6.45) is 0. The highest BCUT2D eigenvalue weighted by Crippen LogP contribution is 2.27. The van der Waals surface area contributed by atoms with Gasteiger partial charge in [-0.2, -0.15) is 0 Å². The van der Waals surface area contributed by atoms with Crippen LogP contribution in [0.3, 0.4) is 0 Å². The quantitative estimate of drug-likeness (QED) is 0.546. The van der Waals surface area contributed by atoms with Crippen molar-refractivity contribution in [2.24, 2.45) is 0 Å². The third-order valence-corrected chi connectivity index (χ3v) is 6.61. The van der Waals surface area contributed by atoms with Crippen LogP contribution in [0.15, 0.2) is 65.6 Å². The Morgan fingerprint density at radius 1 is 0.933 bits per heavy atom. The lowest BCUT2D eigenvalue weighted by Gasteiger charge is -2.20. The molecule has 0 atom stereocenters. The molecule has 3 rings (SSSR count). The van der Waals surface area contributed by atoms with Gasteiger partial charge in [0.2, 0.25) is 0 Å². The molecule has 0 radical (unpaired) electrons. The molecule has 3 aromatic carbocycles. The molecule has 0 heterocycles. The first-order chi connectivity index (χ1) is 14.1. The topological polar surface area (TPSA) is 66.5 Å². The predicted molar refractivity (Wildman–Crippen MR) is 113 cm³/mol. The van der Waals surface area contributed by atoms with Crippen molar-refractivity contribution < 1.29 is 22.0 Å². The Hall–Kier alpha value is -2.68. The van der Waals surface area contributed by atoms with Crippen LogP contribution >= 0.6 is 23.2 Å². The minimum atomic E-state index is -4.06. The third kappa shape index (κ3) is 4.56. The van der Waals surface area contributed by atoms with E-state index in [2.05, 4.69) is 5.32 Å². The van der Waals surface area contributed by atoms with Crippen LogP contribution in [-0.2, 0) is 10.0 Å². The fraction of sp³-hybridized carbons (Fsp3) is 0.0500. The number of halogens is 4. The number of hydrogen-bond acceptors (Lipinski definition) is 3. The molecule has 1 N–H and O–H groups in total. The molecule has 3 aromatic rings. The molecule has 30 heavy (non-hydrogen) atoms. The summed E-state index contributed by atoms with van der Waals surface area (Å²) in [5.74, 6) is -1.86. The van der Waals surface area contributed by atoms with Crippen molar-refractivity contribution in [3.63, 3.8) is 0 Å². The summed E-state index contributed by atoms with van der Waals surface area (Å²) >= 11 is 11.8. The van der Waals surface area contributed by atoms with Gasteiger partial charge in [-0.25, -0.2) is 17.2 Å². The van der Waals surface area contributed by atoms with Gasteiger partial charge in [0, 0.05) is 12.7 Å². The van der Waals surface area contributed by atoms with E-state index in [1.54, 1.807) is 0 Å². The molecule has 156 valence electrons. The standard InChI is InChI=1S/C20H14Cl2F2N2O3S/c1-26(14-5-2-12(23)3-6-14)30(28,29)15-7-8-17(21)16(11-15)20(27)25-13-4-9-19(24)18(22)10-13/h2-11H,1H3,(H,25,27). The smallest absolute Gasteiger partial charge is 0.264 e. The van der Waals surface area contributed by atoms with Crippen molar-refractivity contribution in [2.75, 3.05) is 16.7 Å². The molecule has 10 heteroatoms. The van der Waals surface area contributed by atoms with Gasteiger partial charge in [0.05, 0.1) is 26.2 Å². The van der Waals surface area contributed by atoms with Gasteiger partial charge in [0.15, 0.2) is 0 Å². The normalized spacial score (nSPS) is 11.2. The van der Waals surface area contributed by atoms with Crippen molar-refractivity contribution in [2.45, 2.75) is 4.90 Å². The maximum absolute atomic E-state index is 13.3. The highest BCUT2D eigenvalue weighted by molar-refractivity contribution is 7.92. The summed E-state index contributed by atoms with van der Waals surface area (Å²) in [6, 6.07) is 12.1. The van der Waals surface area contributed by atoms with Crippen molar-refractivity contribution >= 4 is 50.5 Å². The van der Waals surface area contributed by atoms with Crippen LogP contribution in [-0.4, -0.2) is 21.4 Å². The Labute approximate surface area is 181 Å². The molecular formula is C20H14Cl2F2N2O3S. The first-order valence-corrected chi connectivity index (χ1v) is 10.6. The average Bonchev–Trinajstić information content (AvgIpc) is 2.71. The number of carbonyl (C=O) groups is 1. The minimum Gasteiger partial charge on any atom is -0.322 e. The Bertz CT molecular complexity index is 1220. The second-order valence-corrected chi connectivity index (χ2v) is 8.96. The fourth-order valence-corrected chi connectivity index (χ4v) is 4.17. The summed E-state index contributed by atoms with van der Waals surface area (Å²) < 4.78 is 53.3. The number of hydrogen-bond donors (Lipinski definition) is 1. The molecule has 0 aliphatic rings. The number of benzene rings is 3. The Kier molecular flexibility index (Phi) is 6.30. The van der Waals surface area contributed by atoms with Crippen LogP contribution < -0.4 is 9.62 Å². The maximum Gasteiger partial charge on any atom is 0.264 e. The molecule has 5 nitrogen and oxygen atoms in total. The SMILES string of the molecule is CN(c1ccc(F)cc1)S(=O)(=O)c1ccc(Cl)c(C(=O)Nc2ccc(F)c(Cl)c2)c1. The van der Waals surface area contributed by atoms with Gasteiger partial charge in [-0.1, -0.05) is 23.2 Å². The number of nitrogens with zero attached hydrogens (tertiary/aromatic N) is 1. The Morgan fingerprint density at radius 3 is 2.23 bits per heavy atom. The molecule has 0 fully saturated rings. The van der Waals surface area contributed by atoms with Gasteiger partial charge in [-0.05, 0) is 60.7 Å². The average molecular weight is 471 g/mol. The Balaban J connectivity index is 1.92. The molecule has 0 aromatic heterocycles. The molecule has 0 saturated heterocycles. The Morgan fingerprint density at radius 2 is 1.60 bits per heavy atom. The van der Waals surface area contributed by atoms with E-state index in [1.807, 2.05) is 0 Å². The van der Waals surface area contributed by atoms with Gasteiger partial charge in [-0.3, -0.25) is 9.10 Å². The van der Waals surface area contributed by atoms with E-state index < -0.39 is 27.6 Å². The predicted octanol–water partition coefficient (Wildman–Crippen LogP) is 5.35. The van der Waals surface area contributed by atoms with Gasteiger partial charge >= 0.3 is 0 Å². The van der Waals surface area contributed by atoms with E-state index in [9.17, 15) is 22.0 Å². The van der Waals surface area contributed by atoms with Crippen LogP contribution in [0.4, 0.5) is 20.2 Å². The molecule has 0 bridgehead atoms. The molecule has 1 amide bonds. The van der Waals surface area contributed by atoms with Crippen LogP contribution in [0.5, 0.6) is 0 Å². The first-order valence-electron chi connectivity index (χ1n) is 8.40. The zero-order valence-electron chi connectivity index (χ0n) is 15.4. The van der Waals surface area contributed by atoms with Crippen molar-refractivity contribution in [1.29, 1.82) is 0 Å². The lowest BCUT2D eigenvalue weighted by molar-refractivity contribution is 0.102. The van der Waals surface area contributed by atoms with Crippen LogP contribution in [0.1, 0.15) is 10.4 Å². The summed E-state index contributed by atoms with van der Waals surface area (Å²) in [4.78, 5) is 12.4. The summed E-state index contributed by atoms with van der Waals surface area (Å²) in [7, 11) is -2.76. The molecule has 0 spiro atoms. The third-order valence-electron chi connectivity index (χ3n) is 4.21. The van der Waals surface area contributed by atoms with Gasteiger partial charge < -0.3 is 5.32 Å². The molecule has 0 saturated carbocycles. The van der Waals surface area contributed by atoms with Gasteiger partial charge in [0.1, 0.15) is 11.6 Å².